The minimum absolute atomic E-state index is 0.254. The molecular weight excluding hydrogens is 426 g/mol. The summed E-state index contributed by atoms with van der Waals surface area (Å²) < 4.78 is 5.34. The number of hydrogen-bond acceptors (Lipinski definition) is 6. The van der Waals surface area contributed by atoms with Crippen molar-refractivity contribution in [3.8, 4) is 11.3 Å². The summed E-state index contributed by atoms with van der Waals surface area (Å²) in [4.78, 5) is 21.6. The quantitative estimate of drug-likeness (QED) is 0.456. The predicted octanol–water partition coefficient (Wildman–Crippen LogP) is 3.99. The maximum Gasteiger partial charge on any atom is 0.273 e. The Morgan fingerprint density at radius 1 is 0.882 bits per heavy atom. The lowest BCUT2D eigenvalue weighted by molar-refractivity contribution is 0.0941. The number of hydrogen-bond donors (Lipinski definition) is 1. The summed E-state index contributed by atoms with van der Waals surface area (Å²) in [6, 6.07) is 24.1. The number of nitrogens with zero attached hydrogens (tertiary/aromatic N) is 4. The van der Waals surface area contributed by atoms with E-state index in [0.717, 1.165) is 43.9 Å². The third-order valence-corrected chi connectivity index (χ3v) is 6.15. The Bertz CT molecular complexity index is 1220. The van der Waals surface area contributed by atoms with Crippen LogP contribution in [0.15, 0.2) is 89.7 Å². The van der Waals surface area contributed by atoms with Gasteiger partial charge in [-0.1, -0.05) is 47.6 Å². The Labute approximate surface area is 199 Å². The van der Waals surface area contributed by atoms with Gasteiger partial charge in [-0.25, -0.2) is 0 Å². The average molecular weight is 454 g/mol. The van der Waals surface area contributed by atoms with Gasteiger partial charge in [0.15, 0.2) is 11.5 Å². The molecule has 0 atom stereocenters. The van der Waals surface area contributed by atoms with Crippen molar-refractivity contribution in [2.24, 2.45) is 0 Å². The molecule has 1 aliphatic heterocycles. The zero-order valence-electron chi connectivity index (χ0n) is 18.9. The van der Waals surface area contributed by atoms with Gasteiger partial charge in [0.25, 0.3) is 5.91 Å². The third-order valence-electron chi connectivity index (χ3n) is 6.15. The van der Waals surface area contributed by atoms with Crippen LogP contribution < -0.4 is 10.2 Å². The second kappa shape index (κ2) is 10.3. The molecule has 1 N–H and O–H groups in total. The van der Waals surface area contributed by atoms with Crippen molar-refractivity contribution in [3.05, 3.63) is 102 Å². The first-order valence-electron chi connectivity index (χ1n) is 11.5. The molecule has 7 heteroatoms. The van der Waals surface area contributed by atoms with E-state index in [2.05, 4.69) is 73.8 Å². The van der Waals surface area contributed by atoms with Crippen molar-refractivity contribution in [3.63, 3.8) is 0 Å². The summed E-state index contributed by atoms with van der Waals surface area (Å²) in [5.74, 6) is 0.290. The number of anilines is 1. The summed E-state index contributed by atoms with van der Waals surface area (Å²) in [6.07, 6.45) is 3.35. The summed E-state index contributed by atoms with van der Waals surface area (Å²) in [6.45, 7) is 5.34. The van der Waals surface area contributed by atoms with Crippen molar-refractivity contribution in [1.82, 2.24) is 20.4 Å². The Kier molecular flexibility index (Phi) is 6.63. The molecule has 2 aromatic carbocycles. The number of aromatic nitrogens is 2. The number of carbonyl (C=O) groups excluding carboxylic acids is 1. The molecule has 0 bridgehead atoms. The molecule has 0 radical (unpaired) electrons. The number of rotatable bonds is 7. The highest BCUT2D eigenvalue weighted by atomic mass is 16.5. The summed E-state index contributed by atoms with van der Waals surface area (Å²) in [7, 11) is 0. The smallest absolute Gasteiger partial charge is 0.273 e. The topological polar surface area (TPSA) is 74.5 Å². The number of nitrogens with one attached hydrogen (secondary N) is 1. The molecule has 5 rings (SSSR count). The molecule has 172 valence electrons. The second-order valence-electron chi connectivity index (χ2n) is 8.36. The Morgan fingerprint density at radius 3 is 2.35 bits per heavy atom. The lowest BCUT2D eigenvalue weighted by Gasteiger charge is -2.36. The maximum atomic E-state index is 12.7. The number of benzene rings is 2. The van der Waals surface area contributed by atoms with Crippen LogP contribution in [0.2, 0.25) is 0 Å². The number of carbonyl (C=O) groups is 1. The molecule has 1 saturated heterocycles. The predicted molar refractivity (Wildman–Crippen MR) is 131 cm³/mol. The summed E-state index contributed by atoms with van der Waals surface area (Å²) >= 11 is 0. The Hall–Kier alpha value is -3.97. The van der Waals surface area contributed by atoms with E-state index in [9.17, 15) is 4.79 Å². The highest BCUT2D eigenvalue weighted by molar-refractivity contribution is 5.93. The first-order chi connectivity index (χ1) is 16.8. The van der Waals surface area contributed by atoms with Gasteiger partial charge in [-0.3, -0.25) is 14.7 Å². The minimum atomic E-state index is -0.254. The third kappa shape index (κ3) is 5.15. The normalized spacial score (nSPS) is 14.2. The molecule has 0 spiro atoms. The Balaban J connectivity index is 1.17. The number of pyridine rings is 1. The molecule has 4 aromatic rings. The molecule has 2 aromatic heterocycles. The van der Waals surface area contributed by atoms with Crippen LogP contribution in [0.25, 0.3) is 11.3 Å². The molecule has 1 amide bonds. The number of piperazine rings is 1. The zero-order valence-corrected chi connectivity index (χ0v) is 18.9. The molecule has 0 unspecified atom stereocenters. The fourth-order valence-electron chi connectivity index (χ4n) is 4.23. The van der Waals surface area contributed by atoms with Gasteiger partial charge in [-0.15, -0.1) is 0 Å². The molecule has 34 heavy (non-hydrogen) atoms. The van der Waals surface area contributed by atoms with E-state index >= 15 is 0 Å². The maximum absolute atomic E-state index is 12.7. The Morgan fingerprint density at radius 2 is 1.59 bits per heavy atom. The highest BCUT2D eigenvalue weighted by Crippen LogP contribution is 2.20. The fourth-order valence-corrected chi connectivity index (χ4v) is 4.23. The summed E-state index contributed by atoms with van der Waals surface area (Å²) in [5, 5.41) is 6.92. The van der Waals surface area contributed by atoms with Crippen LogP contribution in [-0.2, 0) is 13.1 Å². The van der Waals surface area contributed by atoms with E-state index in [1.165, 1.54) is 11.3 Å². The van der Waals surface area contributed by atoms with Crippen LogP contribution in [0, 0.1) is 0 Å². The van der Waals surface area contributed by atoms with Crippen molar-refractivity contribution >= 4 is 11.6 Å². The number of amides is 1. The van der Waals surface area contributed by atoms with Crippen molar-refractivity contribution in [2.75, 3.05) is 31.1 Å². The molecule has 0 saturated carbocycles. The van der Waals surface area contributed by atoms with E-state index in [-0.39, 0.29) is 11.6 Å². The number of para-hydroxylation sites is 1. The molecular formula is C27H27N5O2. The van der Waals surface area contributed by atoms with Crippen LogP contribution in [0.1, 0.15) is 21.6 Å². The first-order valence-corrected chi connectivity index (χ1v) is 11.5. The average Bonchev–Trinajstić information content (AvgIpc) is 3.40. The molecule has 7 nitrogen and oxygen atoms in total. The van der Waals surface area contributed by atoms with Gasteiger partial charge < -0.3 is 14.7 Å². The van der Waals surface area contributed by atoms with E-state index in [0.29, 0.717) is 12.3 Å². The summed E-state index contributed by atoms with van der Waals surface area (Å²) in [5.41, 5.74) is 4.72. The standard InChI is InChI=1S/C27H27N5O2/c33-27(25-18-26(34-30-25)21-10-12-28-13-11-21)29-19-22-6-4-5-7-23(22)20-31-14-16-32(17-15-31)24-8-2-1-3-9-24/h1-13,18H,14-17,19-20H2,(H,29,33). The molecule has 3 heterocycles. The zero-order chi connectivity index (χ0) is 23.2. The van der Waals surface area contributed by atoms with E-state index in [1.807, 2.05) is 18.2 Å². The lowest BCUT2D eigenvalue weighted by atomic mass is 10.1. The van der Waals surface area contributed by atoms with Gasteiger partial charge in [0.1, 0.15) is 0 Å². The van der Waals surface area contributed by atoms with Crippen LogP contribution in [-0.4, -0.2) is 47.1 Å². The monoisotopic (exact) mass is 453 g/mol. The first kappa shape index (κ1) is 21.9. The lowest BCUT2D eigenvalue weighted by Crippen LogP contribution is -2.46. The van der Waals surface area contributed by atoms with Crippen LogP contribution >= 0.6 is 0 Å². The van der Waals surface area contributed by atoms with Gasteiger partial charge in [0.05, 0.1) is 0 Å². The van der Waals surface area contributed by atoms with E-state index < -0.39 is 0 Å². The molecule has 0 aliphatic carbocycles. The van der Waals surface area contributed by atoms with Gasteiger partial charge in [0.2, 0.25) is 0 Å². The van der Waals surface area contributed by atoms with Crippen LogP contribution in [0.5, 0.6) is 0 Å². The van der Waals surface area contributed by atoms with Crippen LogP contribution in [0.4, 0.5) is 5.69 Å². The molecule has 1 fully saturated rings. The molecule has 1 aliphatic rings. The largest absolute Gasteiger partial charge is 0.369 e. The van der Waals surface area contributed by atoms with Gasteiger partial charge in [0, 0.05) is 69.0 Å². The minimum Gasteiger partial charge on any atom is -0.369 e. The van der Waals surface area contributed by atoms with Gasteiger partial charge in [-0.05, 0) is 35.4 Å². The van der Waals surface area contributed by atoms with Gasteiger partial charge >= 0.3 is 0 Å². The van der Waals surface area contributed by atoms with Crippen molar-refractivity contribution < 1.29 is 9.32 Å². The van der Waals surface area contributed by atoms with Crippen LogP contribution in [0.3, 0.4) is 0 Å². The van der Waals surface area contributed by atoms with E-state index in [4.69, 9.17) is 4.52 Å². The van der Waals surface area contributed by atoms with E-state index in [1.54, 1.807) is 18.5 Å². The van der Waals surface area contributed by atoms with Crippen molar-refractivity contribution in [2.45, 2.75) is 13.1 Å². The SMILES string of the molecule is O=C(NCc1ccccc1CN1CCN(c2ccccc2)CC1)c1cc(-c2ccncc2)on1. The fraction of sp³-hybridized carbons (Fsp3) is 0.222. The second-order valence-corrected chi connectivity index (χ2v) is 8.36. The highest BCUT2D eigenvalue weighted by Gasteiger charge is 2.19. The van der Waals surface area contributed by atoms with Gasteiger partial charge in [-0.2, -0.15) is 0 Å². The van der Waals surface area contributed by atoms with Crippen molar-refractivity contribution in [1.29, 1.82) is 0 Å².